The summed E-state index contributed by atoms with van der Waals surface area (Å²) in [7, 11) is -3.94. The molecular formula is C19H21N3O4S. The second-order valence-corrected chi connectivity index (χ2v) is 8.27. The Bertz CT molecular complexity index is 1030. The van der Waals surface area contributed by atoms with Crippen LogP contribution in [-0.4, -0.2) is 26.3 Å². The Balaban J connectivity index is 1.83. The summed E-state index contributed by atoms with van der Waals surface area (Å²) in [5.74, 6) is -0.668. The monoisotopic (exact) mass is 387 g/mol. The summed E-state index contributed by atoms with van der Waals surface area (Å²) in [5.41, 5.74) is 2.22. The van der Waals surface area contributed by atoms with E-state index < -0.39 is 15.9 Å². The third-order valence-corrected chi connectivity index (χ3v) is 5.52. The number of sulfonamides is 1. The summed E-state index contributed by atoms with van der Waals surface area (Å²) in [6, 6.07) is 9.68. The Morgan fingerprint density at radius 1 is 1.04 bits per heavy atom. The standard InChI is InChI=1S/C19H21N3O4S/c1-11-8-14(10-17(12(11)2)27(20,25)26)19(24)22-16-5-3-4-13(9-16)18(23)21-15-6-7-15/h3-5,8-10,15H,6-7H2,1-2H3,(H,21,23)(H,22,24)(H2,20,25,26). The Hall–Kier alpha value is -2.71. The topological polar surface area (TPSA) is 118 Å². The summed E-state index contributed by atoms with van der Waals surface area (Å²) in [6.45, 7) is 3.35. The number of amides is 2. The number of aryl methyl sites for hydroxylation is 1. The number of nitrogens with one attached hydrogen (secondary N) is 2. The van der Waals surface area contributed by atoms with Crippen LogP contribution in [0.2, 0.25) is 0 Å². The van der Waals surface area contributed by atoms with Gasteiger partial charge in [0.15, 0.2) is 0 Å². The predicted octanol–water partition coefficient (Wildman–Crippen LogP) is 2.10. The smallest absolute Gasteiger partial charge is 0.255 e. The van der Waals surface area contributed by atoms with Crippen LogP contribution < -0.4 is 15.8 Å². The molecule has 2 aromatic rings. The van der Waals surface area contributed by atoms with E-state index in [1.165, 1.54) is 6.07 Å². The molecule has 1 aliphatic rings. The molecule has 142 valence electrons. The van der Waals surface area contributed by atoms with Crippen LogP contribution in [0.3, 0.4) is 0 Å². The third-order valence-electron chi connectivity index (χ3n) is 4.48. The minimum Gasteiger partial charge on any atom is -0.349 e. The molecule has 1 aliphatic carbocycles. The van der Waals surface area contributed by atoms with Crippen LogP contribution in [0.4, 0.5) is 5.69 Å². The molecule has 0 bridgehead atoms. The van der Waals surface area contributed by atoms with Gasteiger partial charge < -0.3 is 10.6 Å². The summed E-state index contributed by atoms with van der Waals surface area (Å²) >= 11 is 0. The van der Waals surface area contributed by atoms with E-state index in [-0.39, 0.29) is 22.4 Å². The van der Waals surface area contributed by atoms with Gasteiger partial charge in [0.1, 0.15) is 0 Å². The van der Waals surface area contributed by atoms with Gasteiger partial charge in [-0.3, -0.25) is 9.59 Å². The summed E-state index contributed by atoms with van der Waals surface area (Å²) < 4.78 is 23.5. The molecule has 0 radical (unpaired) electrons. The van der Waals surface area contributed by atoms with Crippen LogP contribution in [0.1, 0.15) is 44.7 Å². The molecule has 1 fully saturated rings. The fourth-order valence-corrected chi connectivity index (χ4v) is 3.57. The summed E-state index contributed by atoms with van der Waals surface area (Å²) in [4.78, 5) is 24.6. The molecular weight excluding hydrogens is 366 g/mol. The lowest BCUT2D eigenvalue weighted by Gasteiger charge is -2.12. The molecule has 0 aromatic heterocycles. The third kappa shape index (κ3) is 4.53. The van der Waals surface area contributed by atoms with Gasteiger partial charge in [0.25, 0.3) is 11.8 Å². The first kappa shape index (κ1) is 19.1. The van der Waals surface area contributed by atoms with Crippen molar-refractivity contribution in [2.24, 2.45) is 5.14 Å². The van der Waals surface area contributed by atoms with Crippen LogP contribution in [0.5, 0.6) is 0 Å². The molecule has 27 heavy (non-hydrogen) atoms. The van der Waals surface area contributed by atoms with E-state index in [0.717, 1.165) is 12.8 Å². The number of hydrogen-bond donors (Lipinski definition) is 3. The van der Waals surface area contributed by atoms with Crippen molar-refractivity contribution < 1.29 is 18.0 Å². The van der Waals surface area contributed by atoms with Gasteiger partial charge in [0, 0.05) is 22.9 Å². The number of rotatable bonds is 5. The van der Waals surface area contributed by atoms with Crippen molar-refractivity contribution in [2.75, 3.05) is 5.32 Å². The van der Waals surface area contributed by atoms with E-state index in [0.29, 0.717) is 22.4 Å². The van der Waals surface area contributed by atoms with E-state index in [1.54, 1.807) is 44.2 Å². The van der Waals surface area contributed by atoms with Crippen molar-refractivity contribution in [2.45, 2.75) is 37.6 Å². The second kappa shape index (κ2) is 7.13. The highest BCUT2D eigenvalue weighted by Crippen LogP contribution is 2.22. The molecule has 1 saturated carbocycles. The van der Waals surface area contributed by atoms with Gasteiger partial charge in [-0.15, -0.1) is 0 Å². The largest absolute Gasteiger partial charge is 0.349 e. The number of carbonyl (C=O) groups is 2. The fourth-order valence-electron chi connectivity index (χ4n) is 2.69. The van der Waals surface area contributed by atoms with Crippen LogP contribution in [0.15, 0.2) is 41.3 Å². The number of hydrogen-bond acceptors (Lipinski definition) is 4. The van der Waals surface area contributed by atoms with E-state index in [9.17, 15) is 18.0 Å². The zero-order valence-electron chi connectivity index (χ0n) is 15.1. The van der Waals surface area contributed by atoms with Crippen LogP contribution in [0, 0.1) is 13.8 Å². The van der Waals surface area contributed by atoms with Crippen molar-refractivity contribution in [3.63, 3.8) is 0 Å². The van der Waals surface area contributed by atoms with E-state index in [2.05, 4.69) is 10.6 Å². The molecule has 0 saturated heterocycles. The molecule has 0 aliphatic heterocycles. The Morgan fingerprint density at radius 2 is 1.74 bits per heavy atom. The predicted molar refractivity (Wildman–Crippen MR) is 102 cm³/mol. The molecule has 0 heterocycles. The summed E-state index contributed by atoms with van der Waals surface area (Å²) in [6.07, 6.45) is 1.97. The van der Waals surface area contributed by atoms with E-state index in [4.69, 9.17) is 5.14 Å². The van der Waals surface area contributed by atoms with Gasteiger partial charge >= 0.3 is 0 Å². The van der Waals surface area contributed by atoms with Gasteiger partial charge in [-0.2, -0.15) is 0 Å². The molecule has 8 heteroatoms. The Morgan fingerprint density at radius 3 is 2.37 bits per heavy atom. The first-order valence-corrected chi connectivity index (χ1v) is 10.1. The average molecular weight is 387 g/mol. The lowest BCUT2D eigenvalue weighted by Crippen LogP contribution is -2.25. The molecule has 0 unspecified atom stereocenters. The fraction of sp³-hybridized carbons (Fsp3) is 0.263. The van der Waals surface area contributed by atoms with Crippen molar-refractivity contribution in [3.05, 3.63) is 58.7 Å². The van der Waals surface area contributed by atoms with Gasteiger partial charge in [-0.25, -0.2) is 13.6 Å². The van der Waals surface area contributed by atoms with Crippen LogP contribution in [-0.2, 0) is 10.0 Å². The minimum absolute atomic E-state index is 0.0785. The molecule has 0 spiro atoms. The molecule has 0 atom stereocenters. The number of primary sulfonamides is 1. The molecule has 7 nitrogen and oxygen atoms in total. The molecule has 4 N–H and O–H groups in total. The first-order chi connectivity index (χ1) is 12.6. The van der Waals surface area contributed by atoms with Crippen molar-refractivity contribution in [1.82, 2.24) is 5.32 Å². The van der Waals surface area contributed by atoms with Crippen molar-refractivity contribution >= 4 is 27.5 Å². The zero-order chi connectivity index (χ0) is 19.8. The lowest BCUT2D eigenvalue weighted by molar-refractivity contribution is 0.0949. The maximum Gasteiger partial charge on any atom is 0.255 e. The van der Waals surface area contributed by atoms with Gasteiger partial charge in [0.05, 0.1) is 4.90 Å². The van der Waals surface area contributed by atoms with E-state index >= 15 is 0 Å². The van der Waals surface area contributed by atoms with Crippen LogP contribution in [0.25, 0.3) is 0 Å². The molecule has 2 amide bonds. The quantitative estimate of drug-likeness (QED) is 0.728. The Labute approximate surface area is 158 Å². The highest BCUT2D eigenvalue weighted by Gasteiger charge is 2.24. The normalized spacial score (nSPS) is 13.9. The minimum atomic E-state index is -3.94. The molecule has 2 aromatic carbocycles. The maximum absolute atomic E-state index is 12.6. The second-order valence-electron chi connectivity index (χ2n) is 6.74. The number of anilines is 1. The Kier molecular flexibility index (Phi) is 5.03. The van der Waals surface area contributed by atoms with Gasteiger partial charge in [0.2, 0.25) is 10.0 Å². The number of nitrogens with two attached hydrogens (primary N) is 1. The SMILES string of the molecule is Cc1cc(C(=O)Nc2cccc(C(=O)NC3CC3)c2)cc(S(N)(=O)=O)c1C. The maximum atomic E-state index is 12.6. The van der Waals surface area contributed by atoms with Gasteiger partial charge in [-0.1, -0.05) is 6.07 Å². The zero-order valence-corrected chi connectivity index (χ0v) is 15.9. The van der Waals surface area contributed by atoms with E-state index in [1.807, 2.05) is 0 Å². The highest BCUT2D eigenvalue weighted by molar-refractivity contribution is 7.89. The number of carbonyl (C=O) groups excluding carboxylic acids is 2. The van der Waals surface area contributed by atoms with Crippen molar-refractivity contribution in [3.8, 4) is 0 Å². The first-order valence-electron chi connectivity index (χ1n) is 8.51. The molecule has 3 rings (SSSR count). The number of benzene rings is 2. The lowest BCUT2D eigenvalue weighted by atomic mass is 10.1. The highest BCUT2D eigenvalue weighted by atomic mass is 32.2. The summed E-state index contributed by atoms with van der Waals surface area (Å²) in [5, 5.41) is 10.8. The van der Waals surface area contributed by atoms with Crippen molar-refractivity contribution in [1.29, 1.82) is 0 Å². The average Bonchev–Trinajstić information content (AvgIpc) is 3.40. The van der Waals surface area contributed by atoms with Crippen LogP contribution >= 0.6 is 0 Å². The van der Waals surface area contributed by atoms with Gasteiger partial charge in [-0.05, 0) is 68.1 Å².